The first kappa shape index (κ1) is 21.5. The van der Waals surface area contributed by atoms with Crippen molar-refractivity contribution in [3.05, 3.63) is 53.3 Å². The summed E-state index contributed by atoms with van der Waals surface area (Å²) in [5.74, 6) is -0.766. The zero-order chi connectivity index (χ0) is 21.0. The molecule has 1 fully saturated rings. The molecule has 1 aliphatic heterocycles. The van der Waals surface area contributed by atoms with Gasteiger partial charge in [0.2, 0.25) is 15.9 Å². The van der Waals surface area contributed by atoms with Gasteiger partial charge >= 0.3 is 0 Å². The van der Waals surface area contributed by atoms with Crippen LogP contribution in [0.2, 0.25) is 5.02 Å². The van der Waals surface area contributed by atoms with Crippen LogP contribution in [-0.4, -0.2) is 38.3 Å². The van der Waals surface area contributed by atoms with Crippen molar-refractivity contribution in [3.63, 3.8) is 0 Å². The van der Waals surface area contributed by atoms with Crippen LogP contribution in [-0.2, 0) is 14.8 Å². The highest BCUT2D eigenvalue weighted by Crippen LogP contribution is 2.30. The molecule has 1 heterocycles. The fourth-order valence-electron chi connectivity index (χ4n) is 3.22. The van der Waals surface area contributed by atoms with E-state index in [9.17, 15) is 17.6 Å². The van der Waals surface area contributed by atoms with Crippen molar-refractivity contribution in [2.24, 2.45) is 5.92 Å². The van der Waals surface area contributed by atoms with Crippen LogP contribution < -0.4 is 10.1 Å². The lowest BCUT2D eigenvalue weighted by atomic mass is 9.99. The first-order valence-corrected chi connectivity index (χ1v) is 11.1. The second-order valence-electron chi connectivity index (χ2n) is 6.72. The van der Waals surface area contributed by atoms with Crippen LogP contribution in [0, 0.1) is 11.7 Å². The van der Waals surface area contributed by atoms with Crippen LogP contribution in [0.1, 0.15) is 19.8 Å². The number of nitrogens with one attached hydrogen (secondary N) is 1. The first-order chi connectivity index (χ1) is 13.8. The molecule has 0 aromatic heterocycles. The Morgan fingerprint density at radius 1 is 1.28 bits per heavy atom. The summed E-state index contributed by atoms with van der Waals surface area (Å²) in [6.07, 6.45) is 1.13. The van der Waals surface area contributed by atoms with Crippen LogP contribution >= 0.6 is 11.6 Å². The Morgan fingerprint density at radius 3 is 2.66 bits per heavy atom. The number of ether oxygens (including phenoxy) is 1. The molecule has 1 atom stereocenters. The smallest absolute Gasteiger partial charge is 0.243 e. The number of hydrogen-bond acceptors (Lipinski definition) is 4. The molecule has 0 spiro atoms. The quantitative estimate of drug-likeness (QED) is 0.738. The minimum Gasteiger partial charge on any atom is -0.492 e. The monoisotopic (exact) mass is 440 g/mol. The Bertz CT molecular complexity index is 982. The number of amides is 1. The second-order valence-corrected chi connectivity index (χ2v) is 9.07. The molecule has 1 aliphatic rings. The Labute approximate surface area is 174 Å². The molecule has 9 heteroatoms. The van der Waals surface area contributed by atoms with E-state index in [0.717, 1.165) is 0 Å². The molecule has 1 saturated heterocycles. The number of nitrogens with zero attached hydrogens (tertiary/aromatic N) is 1. The minimum absolute atomic E-state index is 0.0607. The van der Waals surface area contributed by atoms with Crippen molar-refractivity contribution in [3.8, 4) is 5.75 Å². The Morgan fingerprint density at radius 2 is 2.00 bits per heavy atom. The molecule has 3 rings (SSSR count). The molecule has 0 aliphatic carbocycles. The van der Waals surface area contributed by atoms with Crippen molar-refractivity contribution < 1.29 is 22.3 Å². The highest BCUT2D eigenvalue weighted by molar-refractivity contribution is 7.89. The summed E-state index contributed by atoms with van der Waals surface area (Å²) in [7, 11) is -3.80. The van der Waals surface area contributed by atoms with Gasteiger partial charge in [0.1, 0.15) is 11.6 Å². The van der Waals surface area contributed by atoms with E-state index in [2.05, 4.69) is 5.32 Å². The second kappa shape index (κ2) is 9.11. The van der Waals surface area contributed by atoms with E-state index in [1.807, 2.05) is 6.92 Å². The zero-order valence-corrected chi connectivity index (χ0v) is 17.5. The third kappa shape index (κ3) is 5.07. The first-order valence-electron chi connectivity index (χ1n) is 9.30. The van der Waals surface area contributed by atoms with Gasteiger partial charge in [-0.05, 0) is 62.2 Å². The highest BCUT2D eigenvalue weighted by atomic mass is 35.5. The number of anilines is 1. The van der Waals surface area contributed by atoms with E-state index in [4.69, 9.17) is 16.3 Å². The third-order valence-corrected chi connectivity index (χ3v) is 6.86. The standard InChI is InChI=1S/C20H22ClFN2O4S/c1-2-28-19-10-9-17(12-18(19)21)29(26,27)24-11-3-4-14(13-24)20(25)23-16-7-5-15(22)6-8-16/h5-10,12,14H,2-4,11,13H2,1H3,(H,23,25)/t14-/m0/s1. The van der Waals surface area contributed by atoms with Gasteiger partial charge in [0, 0.05) is 18.8 Å². The van der Waals surface area contributed by atoms with E-state index in [1.165, 1.54) is 46.8 Å². The molecule has 156 valence electrons. The molecule has 29 heavy (non-hydrogen) atoms. The van der Waals surface area contributed by atoms with Crippen LogP contribution in [0.3, 0.4) is 0 Å². The molecule has 6 nitrogen and oxygen atoms in total. The van der Waals surface area contributed by atoms with E-state index in [-0.39, 0.29) is 22.4 Å². The van der Waals surface area contributed by atoms with Gasteiger partial charge in [-0.25, -0.2) is 12.8 Å². The third-order valence-electron chi connectivity index (χ3n) is 4.71. The minimum atomic E-state index is -3.80. The number of rotatable bonds is 6. The Kier molecular flexibility index (Phi) is 6.77. The maximum atomic E-state index is 13.0. The topological polar surface area (TPSA) is 75.7 Å². The lowest BCUT2D eigenvalue weighted by Crippen LogP contribution is -2.43. The number of sulfonamides is 1. The molecule has 0 bridgehead atoms. The van der Waals surface area contributed by atoms with Gasteiger partial charge in [-0.3, -0.25) is 4.79 Å². The largest absolute Gasteiger partial charge is 0.492 e. The van der Waals surface area contributed by atoms with Gasteiger partial charge in [0.05, 0.1) is 22.4 Å². The number of carbonyl (C=O) groups excluding carboxylic acids is 1. The van der Waals surface area contributed by atoms with Crippen LogP contribution in [0.25, 0.3) is 0 Å². The average Bonchev–Trinajstić information content (AvgIpc) is 2.71. The summed E-state index contributed by atoms with van der Waals surface area (Å²) in [5.41, 5.74) is 0.467. The molecule has 2 aromatic carbocycles. The fourth-order valence-corrected chi connectivity index (χ4v) is 5.07. The van der Waals surface area contributed by atoms with Crippen molar-refractivity contribution in [2.75, 3.05) is 25.0 Å². The van der Waals surface area contributed by atoms with E-state index < -0.39 is 21.8 Å². The maximum absolute atomic E-state index is 13.0. The molecule has 1 amide bonds. The fraction of sp³-hybridized carbons (Fsp3) is 0.350. The van der Waals surface area contributed by atoms with Gasteiger partial charge in [0.15, 0.2) is 0 Å². The SMILES string of the molecule is CCOc1ccc(S(=O)(=O)N2CCC[C@H](C(=O)Nc3ccc(F)cc3)C2)cc1Cl. The van der Waals surface area contributed by atoms with E-state index in [0.29, 0.717) is 37.4 Å². The molecule has 0 saturated carbocycles. The van der Waals surface area contributed by atoms with Gasteiger partial charge in [-0.15, -0.1) is 0 Å². The number of halogens is 2. The molecular weight excluding hydrogens is 419 g/mol. The van der Waals surface area contributed by atoms with Gasteiger partial charge < -0.3 is 10.1 Å². The summed E-state index contributed by atoms with van der Waals surface area (Å²) in [6.45, 7) is 2.63. The van der Waals surface area contributed by atoms with E-state index >= 15 is 0 Å². The van der Waals surface area contributed by atoms with Crippen LogP contribution in [0.15, 0.2) is 47.4 Å². The highest BCUT2D eigenvalue weighted by Gasteiger charge is 2.33. The predicted octanol–water partition coefficient (Wildman–Crippen LogP) is 3.92. The molecule has 2 aromatic rings. The lowest BCUT2D eigenvalue weighted by molar-refractivity contribution is -0.120. The molecule has 0 unspecified atom stereocenters. The van der Waals surface area contributed by atoms with Gasteiger partial charge in [-0.1, -0.05) is 11.6 Å². The Hall–Kier alpha value is -2.16. The summed E-state index contributed by atoms with van der Waals surface area (Å²) in [6, 6.07) is 9.78. The molecule has 1 N–H and O–H groups in total. The van der Waals surface area contributed by atoms with Gasteiger partial charge in [-0.2, -0.15) is 4.31 Å². The summed E-state index contributed by atoms with van der Waals surface area (Å²) in [4.78, 5) is 12.6. The number of hydrogen-bond donors (Lipinski definition) is 1. The lowest BCUT2D eigenvalue weighted by Gasteiger charge is -2.31. The Balaban J connectivity index is 1.72. The van der Waals surface area contributed by atoms with E-state index in [1.54, 1.807) is 0 Å². The molecular formula is C20H22ClFN2O4S. The average molecular weight is 441 g/mol. The number of piperidine rings is 1. The van der Waals surface area contributed by atoms with Crippen molar-refractivity contribution >= 4 is 33.2 Å². The zero-order valence-electron chi connectivity index (χ0n) is 15.9. The van der Waals surface area contributed by atoms with Gasteiger partial charge in [0.25, 0.3) is 0 Å². The summed E-state index contributed by atoms with van der Waals surface area (Å²) < 4.78 is 45.7. The summed E-state index contributed by atoms with van der Waals surface area (Å²) in [5, 5.41) is 2.93. The summed E-state index contributed by atoms with van der Waals surface area (Å²) >= 11 is 6.13. The van der Waals surface area contributed by atoms with Crippen molar-refractivity contribution in [1.29, 1.82) is 0 Å². The predicted molar refractivity (Wildman–Crippen MR) is 109 cm³/mol. The van der Waals surface area contributed by atoms with Crippen molar-refractivity contribution in [2.45, 2.75) is 24.7 Å². The molecule has 0 radical (unpaired) electrons. The van der Waals surface area contributed by atoms with Crippen molar-refractivity contribution in [1.82, 2.24) is 4.31 Å². The number of carbonyl (C=O) groups is 1. The maximum Gasteiger partial charge on any atom is 0.243 e. The normalized spacial score (nSPS) is 17.7. The van der Waals surface area contributed by atoms with Crippen LogP contribution in [0.5, 0.6) is 5.75 Å². The van der Waals surface area contributed by atoms with Crippen LogP contribution in [0.4, 0.5) is 10.1 Å². The number of benzene rings is 2.